The summed E-state index contributed by atoms with van der Waals surface area (Å²) in [5, 5.41) is 0. The Hall–Kier alpha value is -1.51. The molecule has 0 bridgehead atoms. The van der Waals surface area contributed by atoms with Gasteiger partial charge in [-0.25, -0.2) is 0 Å². The van der Waals surface area contributed by atoms with Crippen LogP contribution in [0.15, 0.2) is 24.3 Å². The van der Waals surface area contributed by atoms with E-state index >= 15 is 0 Å². The Labute approximate surface area is 109 Å². The lowest BCUT2D eigenvalue weighted by molar-refractivity contribution is 0.0770. The number of amides is 1. The van der Waals surface area contributed by atoms with Crippen LogP contribution in [0, 0.1) is 5.41 Å². The van der Waals surface area contributed by atoms with Crippen molar-refractivity contribution in [3.05, 3.63) is 29.8 Å². The number of nitrogen functional groups attached to an aromatic ring is 1. The topological polar surface area (TPSA) is 46.3 Å². The number of hydrogen-bond donors (Lipinski definition) is 1. The van der Waals surface area contributed by atoms with Crippen LogP contribution in [0.4, 0.5) is 5.69 Å². The number of benzene rings is 1. The quantitative estimate of drug-likeness (QED) is 0.833. The standard InChI is InChI=1S/C15H22N2O/c1-3-15(4-2)8-9-17(11-15)14(18)12-6-5-7-13(16)10-12/h5-7,10H,3-4,8-9,11,16H2,1-2H3. The van der Waals surface area contributed by atoms with E-state index in [0.29, 0.717) is 16.7 Å². The minimum atomic E-state index is 0.117. The summed E-state index contributed by atoms with van der Waals surface area (Å²) < 4.78 is 0. The van der Waals surface area contributed by atoms with Gasteiger partial charge in [0.05, 0.1) is 0 Å². The first-order valence-corrected chi connectivity index (χ1v) is 6.75. The lowest BCUT2D eigenvalue weighted by Gasteiger charge is -2.26. The second-order valence-electron chi connectivity index (χ2n) is 5.31. The monoisotopic (exact) mass is 246 g/mol. The molecule has 1 aromatic carbocycles. The van der Waals surface area contributed by atoms with Crippen molar-refractivity contribution < 1.29 is 4.79 Å². The summed E-state index contributed by atoms with van der Waals surface area (Å²) >= 11 is 0. The fraction of sp³-hybridized carbons (Fsp3) is 0.533. The predicted molar refractivity (Wildman–Crippen MR) is 74.4 cm³/mol. The average molecular weight is 246 g/mol. The molecule has 1 saturated heterocycles. The molecule has 0 aliphatic carbocycles. The number of likely N-dealkylation sites (tertiary alicyclic amines) is 1. The van der Waals surface area contributed by atoms with Crippen molar-refractivity contribution in [3.63, 3.8) is 0 Å². The van der Waals surface area contributed by atoms with Gasteiger partial charge in [0.15, 0.2) is 0 Å². The van der Waals surface area contributed by atoms with E-state index in [1.807, 2.05) is 23.1 Å². The summed E-state index contributed by atoms with van der Waals surface area (Å²) in [6.07, 6.45) is 3.41. The van der Waals surface area contributed by atoms with Crippen molar-refractivity contribution in [3.8, 4) is 0 Å². The molecule has 1 aliphatic heterocycles. The van der Waals surface area contributed by atoms with Crippen molar-refractivity contribution in [1.29, 1.82) is 0 Å². The van der Waals surface area contributed by atoms with E-state index < -0.39 is 0 Å². The van der Waals surface area contributed by atoms with Crippen LogP contribution in [0.2, 0.25) is 0 Å². The van der Waals surface area contributed by atoms with E-state index in [-0.39, 0.29) is 5.91 Å². The van der Waals surface area contributed by atoms with E-state index in [9.17, 15) is 4.79 Å². The summed E-state index contributed by atoms with van der Waals surface area (Å²) in [5.41, 5.74) is 7.42. The van der Waals surface area contributed by atoms with Gasteiger partial charge < -0.3 is 10.6 Å². The van der Waals surface area contributed by atoms with Gasteiger partial charge in [0.25, 0.3) is 5.91 Å². The van der Waals surface area contributed by atoms with Gasteiger partial charge in [0.1, 0.15) is 0 Å². The molecule has 18 heavy (non-hydrogen) atoms. The van der Waals surface area contributed by atoms with Gasteiger partial charge in [0.2, 0.25) is 0 Å². The third-order valence-electron chi connectivity index (χ3n) is 4.36. The molecule has 0 aromatic heterocycles. The smallest absolute Gasteiger partial charge is 0.253 e. The molecule has 1 aliphatic rings. The van der Waals surface area contributed by atoms with Gasteiger partial charge in [-0.1, -0.05) is 19.9 Å². The summed E-state index contributed by atoms with van der Waals surface area (Å²) in [6.45, 7) is 6.19. The summed E-state index contributed by atoms with van der Waals surface area (Å²) in [5.74, 6) is 0.117. The molecule has 0 spiro atoms. The van der Waals surface area contributed by atoms with Crippen LogP contribution in [-0.4, -0.2) is 23.9 Å². The molecule has 3 heteroatoms. The highest BCUT2D eigenvalue weighted by Crippen LogP contribution is 2.37. The van der Waals surface area contributed by atoms with Crippen molar-refractivity contribution in [2.45, 2.75) is 33.1 Å². The zero-order valence-electron chi connectivity index (χ0n) is 11.3. The number of nitrogens with zero attached hydrogens (tertiary/aromatic N) is 1. The van der Waals surface area contributed by atoms with Gasteiger partial charge in [0, 0.05) is 24.3 Å². The lowest BCUT2D eigenvalue weighted by Crippen LogP contribution is -2.31. The summed E-state index contributed by atoms with van der Waals surface area (Å²) in [4.78, 5) is 14.4. The second-order valence-corrected chi connectivity index (χ2v) is 5.31. The van der Waals surface area contributed by atoms with Crippen LogP contribution >= 0.6 is 0 Å². The van der Waals surface area contributed by atoms with Gasteiger partial charge in [-0.05, 0) is 42.9 Å². The first kappa shape index (κ1) is 12.9. The third-order valence-corrected chi connectivity index (χ3v) is 4.36. The molecule has 0 radical (unpaired) electrons. The van der Waals surface area contributed by atoms with Crippen LogP contribution in [0.25, 0.3) is 0 Å². The van der Waals surface area contributed by atoms with E-state index in [1.165, 1.54) is 0 Å². The zero-order chi connectivity index (χ0) is 13.2. The molecule has 1 amide bonds. The van der Waals surface area contributed by atoms with E-state index in [0.717, 1.165) is 32.4 Å². The van der Waals surface area contributed by atoms with E-state index in [2.05, 4.69) is 13.8 Å². The number of carbonyl (C=O) groups excluding carboxylic acids is 1. The number of rotatable bonds is 3. The third kappa shape index (κ3) is 2.35. The number of carbonyl (C=O) groups is 1. The summed E-state index contributed by atoms with van der Waals surface area (Å²) in [7, 11) is 0. The maximum Gasteiger partial charge on any atom is 0.253 e. The Morgan fingerprint density at radius 3 is 2.67 bits per heavy atom. The maximum atomic E-state index is 12.4. The van der Waals surface area contributed by atoms with Crippen LogP contribution in [0.1, 0.15) is 43.5 Å². The SMILES string of the molecule is CCC1(CC)CCN(C(=O)c2cccc(N)c2)C1. The molecule has 2 N–H and O–H groups in total. The highest BCUT2D eigenvalue weighted by Gasteiger charge is 2.37. The average Bonchev–Trinajstić information content (AvgIpc) is 2.83. The van der Waals surface area contributed by atoms with Crippen molar-refractivity contribution in [1.82, 2.24) is 4.90 Å². The van der Waals surface area contributed by atoms with Crippen LogP contribution in [0.5, 0.6) is 0 Å². The first-order valence-electron chi connectivity index (χ1n) is 6.75. The lowest BCUT2D eigenvalue weighted by atomic mass is 9.82. The van der Waals surface area contributed by atoms with Gasteiger partial charge in [-0.3, -0.25) is 4.79 Å². The van der Waals surface area contributed by atoms with Crippen molar-refractivity contribution >= 4 is 11.6 Å². The fourth-order valence-electron chi connectivity index (χ4n) is 2.79. The molecule has 0 unspecified atom stereocenters. The van der Waals surface area contributed by atoms with Gasteiger partial charge in [-0.2, -0.15) is 0 Å². The Kier molecular flexibility index (Phi) is 3.60. The zero-order valence-corrected chi connectivity index (χ0v) is 11.3. The van der Waals surface area contributed by atoms with E-state index in [1.54, 1.807) is 6.07 Å². The minimum Gasteiger partial charge on any atom is -0.399 e. The molecular weight excluding hydrogens is 224 g/mol. The highest BCUT2D eigenvalue weighted by atomic mass is 16.2. The maximum absolute atomic E-state index is 12.4. The second kappa shape index (κ2) is 5.01. The number of anilines is 1. The van der Waals surface area contributed by atoms with Crippen LogP contribution in [-0.2, 0) is 0 Å². The first-order chi connectivity index (χ1) is 8.60. The van der Waals surface area contributed by atoms with Crippen molar-refractivity contribution in [2.75, 3.05) is 18.8 Å². The molecule has 2 rings (SSSR count). The number of hydrogen-bond acceptors (Lipinski definition) is 2. The van der Waals surface area contributed by atoms with Gasteiger partial charge >= 0.3 is 0 Å². The predicted octanol–water partition coefficient (Wildman–Crippen LogP) is 2.92. The van der Waals surface area contributed by atoms with Crippen LogP contribution < -0.4 is 5.73 Å². The molecule has 0 saturated carbocycles. The molecule has 1 fully saturated rings. The molecule has 98 valence electrons. The molecule has 0 atom stereocenters. The fourth-order valence-corrected chi connectivity index (χ4v) is 2.79. The largest absolute Gasteiger partial charge is 0.399 e. The number of nitrogens with two attached hydrogens (primary N) is 1. The molecule has 1 aromatic rings. The summed E-state index contributed by atoms with van der Waals surface area (Å²) in [6, 6.07) is 7.26. The van der Waals surface area contributed by atoms with Gasteiger partial charge in [-0.15, -0.1) is 0 Å². The van der Waals surface area contributed by atoms with Crippen molar-refractivity contribution in [2.24, 2.45) is 5.41 Å². The van der Waals surface area contributed by atoms with Crippen LogP contribution in [0.3, 0.4) is 0 Å². The Morgan fingerprint density at radius 1 is 1.39 bits per heavy atom. The molecule has 1 heterocycles. The molecule has 3 nitrogen and oxygen atoms in total. The Balaban J connectivity index is 2.12. The molecular formula is C15H22N2O. The minimum absolute atomic E-state index is 0.117. The normalized spacial score (nSPS) is 18.0. The Morgan fingerprint density at radius 2 is 2.11 bits per heavy atom. The highest BCUT2D eigenvalue weighted by molar-refractivity contribution is 5.95. The van der Waals surface area contributed by atoms with E-state index in [4.69, 9.17) is 5.73 Å². The Bertz CT molecular complexity index is 438.